The first-order valence-electron chi connectivity index (χ1n) is 7.98. The molecule has 0 spiro atoms. The average Bonchev–Trinajstić information content (AvgIpc) is 2.89. The van der Waals surface area contributed by atoms with E-state index in [0.29, 0.717) is 27.8 Å². The van der Waals surface area contributed by atoms with Gasteiger partial charge in [-0.15, -0.1) is 0 Å². The molecule has 0 saturated carbocycles. The number of hydrogen-bond donors (Lipinski definition) is 1. The fourth-order valence-electron chi connectivity index (χ4n) is 2.42. The van der Waals surface area contributed by atoms with Crippen LogP contribution in [0.2, 0.25) is 5.02 Å². The lowest BCUT2D eigenvalue weighted by Crippen LogP contribution is -2.33. The maximum atomic E-state index is 12.2. The highest BCUT2D eigenvalue weighted by atomic mass is 127. The molecule has 1 heterocycles. The maximum absolute atomic E-state index is 12.2. The van der Waals surface area contributed by atoms with Crippen molar-refractivity contribution in [2.24, 2.45) is 0 Å². The summed E-state index contributed by atoms with van der Waals surface area (Å²) in [7, 11) is 0. The largest absolute Gasteiger partial charge is 0.488 e. The van der Waals surface area contributed by atoms with Gasteiger partial charge in [-0.2, -0.15) is 0 Å². The Balaban J connectivity index is 1.73. The summed E-state index contributed by atoms with van der Waals surface area (Å²) >= 11 is 8.97. The Morgan fingerprint density at radius 1 is 1.25 bits per heavy atom. The number of carboxylic acid groups (broad SMARTS) is 1. The Morgan fingerprint density at radius 2 is 2.00 bits per heavy atom. The van der Waals surface area contributed by atoms with E-state index in [0.717, 1.165) is 20.9 Å². The average molecular weight is 530 g/mol. The number of amides is 2. The van der Waals surface area contributed by atoms with E-state index in [1.54, 1.807) is 24.3 Å². The third kappa shape index (κ3) is 4.86. The van der Waals surface area contributed by atoms with Gasteiger partial charge in [0.2, 0.25) is 0 Å². The molecule has 0 aliphatic carbocycles. The summed E-state index contributed by atoms with van der Waals surface area (Å²) in [6.07, 6.45) is 1.56. The molecule has 0 unspecified atom stereocenters. The van der Waals surface area contributed by atoms with Crippen LogP contribution in [0.4, 0.5) is 4.79 Å². The second-order valence-corrected chi connectivity index (χ2v) is 8.29. The van der Waals surface area contributed by atoms with Gasteiger partial charge in [-0.1, -0.05) is 35.9 Å². The summed E-state index contributed by atoms with van der Waals surface area (Å²) in [5.74, 6) is -1.18. The molecule has 1 N–H and O–H groups in total. The van der Waals surface area contributed by atoms with E-state index in [-0.39, 0.29) is 4.91 Å². The number of rotatable bonds is 6. The number of halogens is 2. The van der Waals surface area contributed by atoms with Crippen molar-refractivity contribution in [1.82, 2.24) is 4.90 Å². The number of carboxylic acids is 1. The Kier molecular flexibility index (Phi) is 6.63. The summed E-state index contributed by atoms with van der Waals surface area (Å²) in [4.78, 5) is 35.7. The molecule has 0 bridgehead atoms. The van der Waals surface area contributed by atoms with Crippen LogP contribution in [-0.4, -0.2) is 33.7 Å². The monoisotopic (exact) mass is 529 g/mol. The highest BCUT2D eigenvalue weighted by Gasteiger charge is 2.36. The predicted octanol–water partition coefficient (Wildman–Crippen LogP) is 4.64. The number of ether oxygens (including phenoxy) is 1. The van der Waals surface area contributed by atoms with Crippen LogP contribution in [0.1, 0.15) is 11.1 Å². The molecular formula is C19H13ClINO5S. The topological polar surface area (TPSA) is 83.9 Å². The summed E-state index contributed by atoms with van der Waals surface area (Å²) in [5, 5.41) is 8.85. The van der Waals surface area contributed by atoms with Crippen LogP contribution in [0.5, 0.6) is 5.75 Å². The number of imide groups is 1. The summed E-state index contributed by atoms with van der Waals surface area (Å²) in [6, 6.07) is 12.8. The van der Waals surface area contributed by atoms with Gasteiger partial charge < -0.3 is 9.84 Å². The Hall–Kier alpha value is -2.04. The molecule has 144 valence electrons. The zero-order chi connectivity index (χ0) is 20.3. The van der Waals surface area contributed by atoms with E-state index in [2.05, 4.69) is 22.6 Å². The second-order valence-electron chi connectivity index (χ2n) is 5.73. The lowest BCUT2D eigenvalue weighted by molar-refractivity contribution is -0.140. The fourth-order valence-corrected chi connectivity index (χ4v) is 4.14. The minimum absolute atomic E-state index is 0.187. The van der Waals surface area contributed by atoms with Crippen molar-refractivity contribution >= 4 is 69.1 Å². The Bertz CT molecular complexity index is 994. The molecule has 9 heteroatoms. The number of carbonyl (C=O) groups is 3. The minimum Gasteiger partial charge on any atom is -0.488 e. The third-order valence-electron chi connectivity index (χ3n) is 3.76. The van der Waals surface area contributed by atoms with Crippen LogP contribution in [0, 0.1) is 3.57 Å². The maximum Gasteiger partial charge on any atom is 0.323 e. The molecule has 0 atom stereocenters. The Morgan fingerprint density at radius 3 is 2.68 bits per heavy atom. The molecule has 1 fully saturated rings. The predicted molar refractivity (Wildman–Crippen MR) is 115 cm³/mol. The van der Waals surface area contributed by atoms with Crippen molar-refractivity contribution in [3.8, 4) is 5.75 Å². The van der Waals surface area contributed by atoms with Gasteiger partial charge in [-0.05, 0) is 64.2 Å². The molecule has 28 heavy (non-hydrogen) atoms. The van der Waals surface area contributed by atoms with Gasteiger partial charge in [-0.3, -0.25) is 19.3 Å². The molecule has 3 rings (SSSR count). The smallest absolute Gasteiger partial charge is 0.323 e. The van der Waals surface area contributed by atoms with Crippen LogP contribution in [0.25, 0.3) is 6.08 Å². The molecule has 2 aromatic carbocycles. The molecule has 0 radical (unpaired) electrons. The number of benzene rings is 2. The number of carbonyl (C=O) groups excluding carboxylic acids is 2. The zero-order valence-electron chi connectivity index (χ0n) is 14.2. The molecule has 2 aromatic rings. The van der Waals surface area contributed by atoms with Crippen LogP contribution in [-0.2, 0) is 16.2 Å². The number of nitrogens with zero attached hydrogens (tertiary/aromatic N) is 1. The first-order chi connectivity index (χ1) is 13.3. The van der Waals surface area contributed by atoms with E-state index in [4.69, 9.17) is 21.4 Å². The molecule has 6 nitrogen and oxygen atoms in total. The van der Waals surface area contributed by atoms with Crippen LogP contribution in [0.3, 0.4) is 0 Å². The number of thioether (sulfide) groups is 1. The third-order valence-corrected chi connectivity index (χ3v) is 5.88. The molecule has 1 saturated heterocycles. The van der Waals surface area contributed by atoms with Crippen molar-refractivity contribution in [1.29, 1.82) is 0 Å². The second kappa shape index (κ2) is 8.97. The van der Waals surface area contributed by atoms with Gasteiger partial charge >= 0.3 is 5.97 Å². The fraction of sp³-hybridized carbons (Fsp3) is 0.105. The van der Waals surface area contributed by atoms with Crippen molar-refractivity contribution < 1.29 is 24.2 Å². The lowest BCUT2D eigenvalue weighted by atomic mass is 10.2. The number of aliphatic carboxylic acids is 1. The van der Waals surface area contributed by atoms with Crippen LogP contribution in [0.15, 0.2) is 47.4 Å². The van der Waals surface area contributed by atoms with Gasteiger partial charge in [0.05, 0.1) is 8.48 Å². The van der Waals surface area contributed by atoms with Gasteiger partial charge in [0, 0.05) is 10.6 Å². The van der Waals surface area contributed by atoms with E-state index in [1.165, 1.54) is 0 Å². The quantitative estimate of drug-likeness (QED) is 0.433. The van der Waals surface area contributed by atoms with Gasteiger partial charge in [0.15, 0.2) is 0 Å². The van der Waals surface area contributed by atoms with E-state index in [1.807, 2.05) is 24.3 Å². The zero-order valence-corrected chi connectivity index (χ0v) is 18.0. The molecule has 0 aromatic heterocycles. The first kappa shape index (κ1) is 20.7. The summed E-state index contributed by atoms with van der Waals surface area (Å²) in [5.41, 5.74) is 1.58. The number of hydrogen-bond acceptors (Lipinski definition) is 5. The summed E-state index contributed by atoms with van der Waals surface area (Å²) < 4.78 is 6.64. The molecule has 1 aliphatic heterocycles. The normalized spacial score (nSPS) is 15.4. The standard InChI is InChI=1S/C19H13ClINO5S/c20-13-4-2-1-3-12(13)10-27-15-6-5-11(7-14(15)21)8-16-18(25)22(9-17(23)24)19(26)28-16/h1-8H,9-10H2,(H,23,24)/b16-8+. The first-order valence-corrected chi connectivity index (χ1v) is 10.3. The SMILES string of the molecule is O=C(O)CN1C(=O)S/C(=C/c2ccc(OCc3ccccc3Cl)c(I)c2)C1=O. The van der Waals surface area contributed by atoms with Crippen molar-refractivity contribution in [3.05, 3.63) is 67.1 Å². The van der Waals surface area contributed by atoms with Gasteiger partial charge in [0.25, 0.3) is 11.1 Å². The minimum atomic E-state index is -1.24. The Labute approximate surface area is 183 Å². The van der Waals surface area contributed by atoms with E-state index in [9.17, 15) is 14.4 Å². The highest BCUT2D eigenvalue weighted by Crippen LogP contribution is 2.33. The van der Waals surface area contributed by atoms with Crippen molar-refractivity contribution in [3.63, 3.8) is 0 Å². The molecule has 2 amide bonds. The summed E-state index contributed by atoms with van der Waals surface area (Å²) in [6.45, 7) is -0.322. The van der Waals surface area contributed by atoms with Crippen molar-refractivity contribution in [2.75, 3.05) is 6.54 Å². The lowest BCUT2D eigenvalue weighted by Gasteiger charge is -2.10. The van der Waals surface area contributed by atoms with E-state index < -0.39 is 23.7 Å². The van der Waals surface area contributed by atoms with Crippen molar-refractivity contribution in [2.45, 2.75) is 6.61 Å². The van der Waals surface area contributed by atoms with E-state index >= 15 is 0 Å². The van der Waals surface area contributed by atoms with Gasteiger partial charge in [-0.25, -0.2) is 0 Å². The van der Waals surface area contributed by atoms with Gasteiger partial charge in [0.1, 0.15) is 18.9 Å². The highest BCUT2D eigenvalue weighted by molar-refractivity contribution is 14.1. The molecular weight excluding hydrogens is 517 g/mol. The molecule has 1 aliphatic rings. The van der Waals surface area contributed by atoms with Crippen LogP contribution >= 0.6 is 46.0 Å². The van der Waals surface area contributed by atoms with Crippen LogP contribution < -0.4 is 4.74 Å².